The van der Waals surface area contributed by atoms with Crippen LogP contribution < -0.4 is 0 Å². The van der Waals surface area contributed by atoms with Crippen molar-refractivity contribution in [1.82, 2.24) is 0 Å². The molecule has 17 heavy (non-hydrogen) atoms. The maximum absolute atomic E-state index is 10.3. The Balaban J connectivity index is 2.07. The number of hydrogen-bond acceptors (Lipinski definition) is 0. The van der Waals surface area contributed by atoms with E-state index in [1.807, 2.05) is 0 Å². The van der Waals surface area contributed by atoms with Crippen LogP contribution in [0.3, 0.4) is 0 Å². The molecule has 0 heterocycles. The number of hydrogen-bond donors (Lipinski definition) is 0. The van der Waals surface area contributed by atoms with Gasteiger partial charge >= 0.3 is 0 Å². The molecule has 0 unspecified atom stereocenters. The summed E-state index contributed by atoms with van der Waals surface area (Å²) in [5.41, 5.74) is 1.37. The molecule has 1 nitrogen and oxygen atoms in total. The molecular weight excluding hydrogens is 276 g/mol. The topological polar surface area (TPSA) is 19.9 Å². The average molecular weight is 292 g/mol. The Morgan fingerprint density at radius 2 is 1.65 bits per heavy atom. The zero-order chi connectivity index (χ0) is 12.1. The number of benzene rings is 2. The Kier molecular flexibility index (Phi) is 4.57. The molecule has 2 aromatic rings. The van der Waals surface area contributed by atoms with Gasteiger partial charge < -0.3 is 0 Å². The maximum atomic E-state index is 10.3. The van der Waals surface area contributed by atoms with Crippen molar-refractivity contribution in [2.24, 2.45) is 0 Å². The van der Waals surface area contributed by atoms with E-state index < -0.39 is 0 Å². The van der Waals surface area contributed by atoms with E-state index in [0.717, 1.165) is 30.2 Å². The lowest BCUT2D eigenvalue weighted by molar-refractivity contribution is 0.186. The lowest BCUT2D eigenvalue weighted by atomic mass is 10.0. The summed E-state index contributed by atoms with van der Waals surface area (Å²) in [6, 6.07) is 13.0. The third-order valence-electron chi connectivity index (χ3n) is 2.98. The van der Waals surface area contributed by atoms with Gasteiger partial charge in [0.1, 0.15) is 0 Å². The molecule has 0 saturated heterocycles. The molecule has 0 atom stereocenters. The minimum Gasteiger partial charge on any atom is -0.237 e. The second kappa shape index (κ2) is 6.18. The summed E-state index contributed by atoms with van der Waals surface area (Å²) in [7, 11) is 0. The largest absolute Gasteiger partial charge is 0.237 e. The first kappa shape index (κ1) is 12.6. The van der Waals surface area contributed by atoms with Crippen LogP contribution in [0.25, 0.3) is 10.8 Å². The van der Waals surface area contributed by atoms with E-state index in [1.165, 1.54) is 16.3 Å². The quantitative estimate of drug-likeness (QED) is 0.709. The lowest BCUT2D eigenvalue weighted by Gasteiger charge is -2.04. The molecule has 0 aliphatic carbocycles. The molecule has 2 rings (SSSR count). The van der Waals surface area contributed by atoms with Crippen molar-refractivity contribution in [1.29, 1.82) is 0 Å². The molecule has 0 fully saturated rings. The van der Waals surface area contributed by atoms with Gasteiger partial charge in [-0.1, -0.05) is 46.6 Å². The van der Waals surface area contributed by atoms with Gasteiger partial charge in [0.15, 0.2) is 0 Å². The predicted molar refractivity (Wildman–Crippen MR) is 74.8 cm³/mol. The zero-order valence-corrected chi connectivity index (χ0v) is 11.4. The third-order valence-corrected chi connectivity index (χ3v) is 3.47. The van der Waals surface area contributed by atoms with Crippen LogP contribution in [0.5, 0.6) is 0 Å². The van der Waals surface area contributed by atoms with Crippen LogP contribution in [0, 0.1) is 0 Å². The van der Waals surface area contributed by atoms with E-state index in [4.69, 9.17) is 0 Å². The highest BCUT2D eigenvalue weighted by atomic mass is 79.9. The predicted octanol–water partition coefficient (Wildman–Crippen LogP) is 4.75. The number of rotatable bonds is 5. The van der Waals surface area contributed by atoms with Gasteiger partial charge in [-0.25, -0.2) is 5.11 Å². The van der Waals surface area contributed by atoms with E-state index >= 15 is 0 Å². The van der Waals surface area contributed by atoms with Crippen LogP contribution in [-0.4, -0.2) is 6.61 Å². The van der Waals surface area contributed by atoms with Gasteiger partial charge in [0.2, 0.25) is 0 Å². The van der Waals surface area contributed by atoms with Crippen LogP contribution >= 0.6 is 15.9 Å². The summed E-state index contributed by atoms with van der Waals surface area (Å²) < 4.78 is 1.12. The van der Waals surface area contributed by atoms with E-state index in [9.17, 15) is 5.11 Å². The van der Waals surface area contributed by atoms with E-state index in [0.29, 0.717) is 0 Å². The molecule has 2 aromatic carbocycles. The molecule has 0 spiro atoms. The minimum absolute atomic E-state index is 0.0613. The molecule has 0 amide bonds. The molecule has 2 heteroatoms. The van der Waals surface area contributed by atoms with E-state index in [2.05, 4.69) is 52.3 Å². The molecular formula is C15H16BrO. The standard InChI is InChI=1S/C15H16BrO/c16-15-8-7-13-10-12(4-2-1-3-9-17)5-6-14(13)11-15/h5-8,10-11H,1-4,9H2. The van der Waals surface area contributed by atoms with Crippen molar-refractivity contribution in [2.45, 2.75) is 25.7 Å². The average Bonchev–Trinajstić information content (AvgIpc) is 2.35. The first-order valence-corrected chi connectivity index (χ1v) is 6.85. The fourth-order valence-corrected chi connectivity index (χ4v) is 2.41. The lowest BCUT2D eigenvalue weighted by Crippen LogP contribution is -1.88. The molecule has 0 aliphatic heterocycles. The Hall–Kier alpha value is -0.860. The normalized spacial score (nSPS) is 10.9. The Morgan fingerprint density at radius 3 is 2.47 bits per heavy atom. The summed E-state index contributed by atoms with van der Waals surface area (Å²) in [5.74, 6) is 0. The summed E-state index contributed by atoms with van der Waals surface area (Å²) in [6.07, 6.45) is 4.04. The monoisotopic (exact) mass is 291 g/mol. The van der Waals surface area contributed by atoms with E-state index in [-0.39, 0.29) is 6.61 Å². The highest BCUT2D eigenvalue weighted by Gasteiger charge is 1.98. The number of halogens is 1. The summed E-state index contributed by atoms with van der Waals surface area (Å²) in [5, 5.41) is 12.9. The van der Waals surface area contributed by atoms with Crippen LogP contribution in [0.2, 0.25) is 0 Å². The van der Waals surface area contributed by atoms with Gasteiger partial charge in [0.25, 0.3) is 0 Å². The van der Waals surface area contributed by atoms with Crippen molar-refractivity contribution in [3.63, 3.8) is 0 Å². The molecule has 0 bridgehead atoms. The smallest absolute Gasteiger partial charge is 0.0822 e. The van der Waals surface area contributed by atoms with Crippen LogP contribution in [0.1, 0.15) is 24.8 Å². The van der Waals surface area contributed by atoms with Crippen LogP contribution in [0.15, 0.2) is 40.9 Å². The first-order chi connectivity index (χ1) is 8.29. The third kappa shape index (κ3) is 3.55. The van der Waals surface area contributed by atoms with Crippen LogP contribution in [-0.2, 0) is 11.5 Å². The number of unbranched alkanes of at least 4 members (excludes halogenated alkanes) is 2. The van der Waals surface area contributed by atoms with Gasteiger partial charge in [-0.05, 0) is 47.7 Å². The van der Waals surface area contributed by atoms with Crippen molar-refractivity contribution in [3.05, 3.63) is 46.4 Å². The SMILES string of the molecule is [O]CCCCCc1ccc2cc(Br)ccc2c1. The van der Waals surface area contributed by atoms with Crippen molar-refractivity contribution in [2.75, 3.05) is 6.61 Å². The fourth-order valence-electron chi connectivity index (χ4n) is 2.03. The zero-order valence-electron chi connectivity index (χ0n) is 9.79. The van der Waals surface area contributed by atoms with Crippen LogP contribution in [0.4, 0.5) is 0 Å². The fraction of sp³-hybridized carbons (Fsp3) is 0.333. The number of aryl methyl sites for hydroxylation is 1. The molecule has 89 valence electrons. The maximum Gasteiger partial charge on any atom is 0.0822 e. The first-order valence-electron chi connectivity index (χ1n) is 6.06. The summed E-state index contributed by atoms with van der Waals surface area (Å²) in [6.45, 7) is 0.0613. The second-order valence-corrected chi connectivity index (χ2v) is 5.26. The molecule has 0 saturated carbocycles. The van der Waals surface area contributed by atoms with E-state index in [1.54, 1.807) is 0 Å². The highest BCUT2D eigenvalue weighted by Crippen LogP contribution is 2.21. The van der Waals surface area contributed by atoms with Crippen molar-refractivity contribution >= 4 is 26.7 Å². The Morgan fingerprint density at radius 1 is 0.882 bits per heavy atom. The van der Waals surface area contributed by atoms with Crippen molar-refractivity contribution < 1.29 is 5.11 Å². The van der Waals surface area contributed by atoms with Gasteiger partial charge in [0, 0.05) is 4.47 Å². The van der Waals surface area contributed by atoms with Gasteiger partial charge in [-0.3, -0.25) is 0 Å². The molecule has 0 aromatic heterocycles. The second-order valence-electron chi connectivity index (χ2n) is 4.34. The minimum atomic E-state index is 0.0613. The van der Waals surface area contributed by atoms with Crippen molar-refractivity contribution in [3.8, 4) is 0 Å². The van der Waals surface area contributed by atoms with Gasteiger partial charge in [-0.2, -0.15) is 0 Å². The number of fused-ring (bicyclic) bond motifs is 1. The summed E-state index contributed by atoms with van der Waals surface area (Å²) in [4.78, 5) is 0. The Labute approximate surface area is 111 Å². The van der Waals surface area contributed by atoms with Gasteiger partial charge in [0.05, 0.1) is 6.61 Å². The summed E-state index contributed by atoms with van der Waals surface area (Å²) >= 11 is 3.48. The molecule has 0 N–H and O–H groups in total. The Bertz CT molecular complexity index is 493. The molecule has 1 radical (unpaired) electrons. The molecule has 0 aliphatic rings. The van der Waals surface area contributed by atoms with Gasteiger partial charge in [-0.15, -0.1) is 0 Å². The highest BCUT2D eigenvalue weighted by molar-refractivity contribution is 9.10.